The SMILES string of the molecule is COc1ccc2c3c([nH]c2c1)C(=O)NCC31CCN(C(=O)C2CCC2)CC1. The molecule has 3 aliphatic rings. The molecule has 1 aromatic carbocycles. The van der Waals surface area contributed by atoms with Crippen molar-refractivity contribution in [3.8, 4) is 5.75 Å². The standard InChI is InChI=1S/C21H25N3O3/c1-27-14-5-6-15-16(11-14)23-18-17(15)21(12-22-19(18)25)7-9-24(10-8-21)20(26)13-3-2-4-13/h5-6,11,13,23H,2-4,7-10,12H2,1H3,(H,22,25). The Morgan fingerprint density at radius 2 is 2.04 bits per heavy atom. The fourth-order valence-corrected chi connectivity index (χ4v) is 4.95. The van der Waals surface area contributed by atoms with Crippen LogP contribution in [0.4, 0.5) is 0 Å². The molecule has 0 unspecified atom stereocenters. The van der Waals surface area contributed by atoms with Gasteiger partial charge in [-0.15, -0.1) is 0 Å². The molecule has 5 rings (SSSR count). The number of ether oxygens (including phenoxy) is 1. The normalized spacial score (nSPS) is 21.7. The zero-order chi connectivity index (χ0) is 18.6. The molecule has 2 aromatic rings. The Balaban J connectivity index is 1.49. The molecule has 1 saturated carbocycles. The topological polar surface area (TPSA) is 74.4 Å². The Hall–Kier alpha value is -2.50. The number of nitrogens with zero attached hydrogens (tertiary/aromatic N) is 1. The van der Waals surface area contributed by atoms with E-state index in [1.54, 1.807) is 7.11 Å². The highest BCUT2D eigenvalue weighted by molar-refractivity contribution is 6.03. The molecule has 142 valence electrons. The number of rotatable bonds is 2. The number of nitrogens with one attached hydrogen (secondary N) is 2. The second-order valence-electron chi connectivity index (χ2n) is 8.20. The van der Waals surface area contributed by atoms with Crippen LogP contribution in [-0.4, -0.2) is 48.4 Å². The zero-order valence-electron chi connectivity index (χ0n) is 15.6. The summed E-state index contributed by atoms with van der Waals surface area (Å²) in [4.78, 5) is 30.5. The van der Waals surface area contributed by atoms with Crippen molar-refractivity contribution in [1.29, 1.82) is 0 Å². The average molecular weight is 367 g/mol. The highest BCUT2D eigenvalue weighted by Gasteiger charge is 2.45. The van der Waals surface area contributed by atoms with E-state index in [2.05, 4.69) is 16.4 Å². The number of piperidine rings is 1. The summed E-state index contributed by atoms with van der Waals surface area (Å²) in [6, 6.07) is 5.95. The lowest BCUT2D eigenvalue weighted by Crippen LogP contribution is -2.54. The van der Waals surface area contributed by atoms with E-state index < -0.39 is 0 Å². The number of amides is 2. The number of carbonyl (C=O) groups is 2. The minimum Gasteiger partial charge on any atom is -0.497 e. The Bertz CT molecular complexity index is 920. The van der Waals surface area contributed by atoms with Crippen molar-refractivity contribution in [1.82, 2.24) is 15.2 Å². The molecule has 2 aliphatic heterocycles. The second kappa shape index (κ2) is 6.01. The molecule has 2 amide bonds. The predicted molar refractivity (Wildman–Crippen MR) is 102 cm³/mol. The van der Waals surface area contributed by atoms with Crippen molar-refractivity contribution in [2.24, 2.45) is 5.92 Å². The van der Waals surface area contributed by atoms with Crippen LogP contribution in [0.3, 0.4) is 0 Å². The quantitative estimate of drug-likeness (QED) is 0.857. The van der Waals surface area contributed by atoms with Crippen LogP contribution >= 0.6 is 0 Å². The number of carbonyl (C=O) groups excluding carboxylic acids is 2. The van der Waals surface area contributed by atoms with E-state index in [0.29, 0.717) is 18.1 Å². The summed E-state index contributed by atoms with van der Waals surface area (Å²) in [5.41, 5.74) is 2.62. The van der Waals surface area contributed by atoms with Crippen LogP contribution in [0.5, 0.6) is 5.75 Å². The first-order chi connectivity index (χ1) is 13.1. The first kappa shape index (κ1) is 16.7. The minimum atomic E-state index is -0.105. The molecule has 0 atom stereocenters. The Morgan fingerprint density at radius 3 is 2.70 bits per heavy atom. The first-order valence-corrected chi connectivity index (χ1v) is 9.88. The van der Waals surface area contributed by atoms with E-state index in [9.17, 15) is 9.59 Å². The van der Waals surface area contributed by atoms with Gasteiger partial charge in [0.05, 0.1) is 7.11 Å². The van der Waals surface area contributed by atoms with Gasteiger partial charge in [-0.1, -0.05) is 6.42 Å². The van der Waals surface area contributed by atoms with Crippen molar-refractivity contribution >= 4 is 22.7 Å². The molecule has 6 nitrogen and oxygen atoms in total. The molecule has 1 aromatic heterocycles. The smallest absolute Gasteiger partial charge is 0.268 e. The van der Waals surface area contributed by atoms with Gasteiger partial charge in [0.25, 0.3) is 5.91 Å². The highest BCUT2D eigenvalue weighted by atomic mass is 16.5. The highest BCUT2D eigenvalue weighted by Crippen LogP contribution is 2.44. The molecule has 1 spiro atoms. The number of aromatic amines is 1. The lowest BCUT2D eigenvalue weighted by atomic mass is 9.69. The maximum atomic E-state index is 12.6. The van der Waals surface area contributed by atoms with Crippen LogP contribution in [0.25, 0.3) is 10.9 Å². The molecule has 6 heteroatoms. The van der Waals surface area contributed by atoms with E-state index in [1.807, 2.05) is 17.0 Å². The fraction of sp³-hybridized carbons (Fsp3) is 0.524. The van der Waals surface area contributed by atoms with Crippen molar-refractivity contribution in [3.05, 3.63) is 29.5 Å². The van der Waals surface area contributed by atoms with Crippen LogP contribution < -0.4 is 10.1 Å². The Labute approximate surface area is 158 Å². The Morgan fingerprint density at radius 1 is 1.26 bits per heavy atom. The molecule has 1 aliphatic carbocycles. The molecule has 2 fully saturated rings. The van der Waals surface area contributed by atoms with Crippen LogP contribution in [0, 0.1) is 5.92 Å². The number of methoxy groups -OCH3 is 1. The maximum Gasteiger partial charge on any atom is 0.268 e. The number of H-pyrrole nitrogens is 1. The van der Waals surface area contributed by atoms with Crippen molar-refractivity contribution in [3.63, 3.8) is 0 Å². The molecular weight excluding hydrogens is 342 g/mol. The average Bonchev–Trinajstić information content (AvgIpc) is 3.04. The summed E-state index contributed by atoms with van der Waals surface area (Å²) in [5.74, 6) is 1.32. The number of hydrogen-bond donors (Lipinski definition) is 2. The minimum absolute atomic E-state index is 0.0428. The number of likely N-dealkylation sites (tertiary alicyclic amines) is 1. The van der Waals surface area contributed by atoms with Crippen LogP contribution in [-0.2, 0) is 10.2 Å². The third-order valence-electron chi connectivity index (χ3n) is 6.84. The number of hydrogen-bond acceptors (Lipinski definition) is 3. The van der Waals surface area contributed by atoms with Crippen molar-refractivity contribution in [2.45, 2.75) is 37.5 Å². The van der Waals surface area contributed by atoms with Crippen LogP contribution in [0.15, 0.2) is 18.2 Å². The van der Waals surface area contributed by atoms with Crippen molar-refractivity contribution in [2.75, 3.05) is 26.7 Å². The van der Waals surface area contributed by atoms with Gasteiger partial charge < -0.3 is 19.9 Å². The molecular formula is C21H25N3O3. The van der Waals surface area contributed by atoms with Gasteiger partial charge in [0.15, 0.2) is 0 Å². The van der Waals surface area contributed by atoms with E-state index in [0.717, 1.165) is 61.0 Å². The third kappa shape index (κ3) is 2.46. The van der Waals surface area contributed by atoms with E-state index in [4.69, 9.17) is 4.74 Å². The molecule has 2 N–H and O–H groups in total. The van der Waals surface area contributed by atoms with E-state index >= 15 is 0 Å². The summed E-state index contributed by atoms with van der Waals surface area (Å²) in [6.07, 6.45) is 5.05. The first-order valence-electron chi connectivity index (χ1n) is 9.88. The van der Waals surface area contributed by atoms with Gasteiger partial charge in [0.2, 0.25) is 5.91 Å². The maximum absolute atomic E-state index is 12.6. The van der Waals surface area contributed by atoms with Gasteiger partial charge >= 0.3 is 0 Å². The van der Waals surface area contributed by atoms with Gasteiger partial charge in [-0.25, -0.2) is 0 Å². The zero-order valence-corrected chi connectivity index (χ0v) is 15.6. The molecule has 0 bridgehead atoms. The summed E-state index contributed by atoms with van der Waals surface area (Å²) >= 11 is 0. The summed E-state index contributed by atoms with van der Waals surface area (Å²) in [6.45, 7) is 2.18. The number of aromatic nitrogens is 1. The largest absolute Gasteiger partial charge is 0.497 e. The number of benzene rings is 1. The van der Waals surface area contributed by atoms with E-state index in [-0.39, 0.29) is 17.2 Å². The molecule has 3 heterocycles. The Kier molecular flexibility index (Phi) is 3.71. The number of fused-ring (bicyclic) bond motifs is 4. The van der Waals surface area contributed by atoms with Crippen LogP contribution in [0.2, 0.25) is 0 Å². The van der Waals surface area contributed by atoms with Gasteiger partial charge in [-0.2, -0.15) is 0 Å². The molecule has 1 saturated heterocycles. The molecule has 0 radical (unpaired) electrons. The fourth-order valence-electron chi connectivity index (χ4n) is 4.95. The third-order valence-corrected chi connectivity index (χ3v) is 6.84. The van der Waals surface area contributed by atoms with Gasteiger partial charge in [0.1, 0.15) is 11.4 Å². The predicted octanol–water partition coefficient (Wildman–Crippen LogP) is 2.58. The monoisotopic (exact) mass is 367 g/mol. The summed E-state index contributed by atoms with van der Waals surface area (Å²) < 4.78 is 5.33. The summed E-state index contributed by atoms with van der Waals surface area (Å²) in [5, 5.41) is 4.17. The van der Waals surface area contributed by atoms with E-state index in [1.165, 1.54) is 6.42 Å². The second-order valence-corrected chi connectivity index (χ2v) is 8.20. The molecule has 27 heavy (non-hydrogen) atoms. The summed E-state index contributed by atoms with van der Waals surface area (Å²) in [7, 11) is 1.65. The lowest BCUT2D eigenvalue weighted by molar-refractivity contribution is -0.139. The van der Waals surface area contributed by atoms with Gasteiger partial charge in [0, 0.05) is 47.9 Å². The van der Waals surface area contributed by atoms with Crippen LogP contribution in [0.1, 0.15) is 48.2 Å². The van der Waals surface area contributed by atoms with Gasteiger partial charge in [-0.05, 0) is 43.4 Å². The van der Waals surface area contributed by atoms with Gasteiger partial charge in [-0.3, -0.25) is 9.59 Å². The lowest BCUT2D eigenvalue weighted by Gasteiger charge is -2.45. The van der Waals surface area contributed by atoms with Crippen molar-refractivity contribution < 1.29 is 14.3 Å².